The maximum absolute atomic E-state index is 3.77. The first kappa shape index (κ1) is 17.0. The van der Waals surface area contributed by atoms with Gasteiger partial charge in [-0.05, 0) is 24.7 Å². The zero-order chi connectivity index (χ0) is 13.1. The standard InChI is InChI=1S/C16H35N/c1-6-9-11-13-16(4,5)14-17-15(8-3)12-10-7-2/h15,17H,6-14H2,1-5H3. The molecule has 0 aliphatic rings. The maximum atomic E-state index is 3.77. The molecule has 0 aromatic heterocycles. The van der Waals surface area contributed by atoms with Crippen molar-refractivity contribution in [3.05, 3.63) is 0 Å². The van der Waals surface area contributed by atoms with Gasteiger partial charge in [0.15, 0.2) is 0 Å². The molecule has 0 amide bonds. The Morgan fingerprint density at radius 2 is 1.59 bits per heavy atom. The summed E-state index contributed by atoms with van der Waals surface area (Å²) in [6.45, 7) is 12.9. The molecule has 0 fully saturated rings. The summed E-state index contributed by atoms with van der Waals surface area (Å²) >= 11 is 0. The highest BCUT2D eigenvalue weighted by Gasteiger charge is 2.18. The summed E-state index contributed by atoms with van der Waals surface area (Å²) in [6.07, 6.45) is 10.8. The van der Waals surface area contributed by atoms with Crippen LogP contribution in [0.5, 0.6) is 0 Å². The Kier molecular flexibility index (Phi) is 9.91. The fourth-order valence-electron chi connectivity index (χ4n) is 2.26. The van der Waals surface area contributed by atoms with E-state index in [1.165, 1.54) is 57.9 Å². The van der Waals surface area contributed by atoms with Gasteiger partial charge >= 0.3 is 0 Å². The van der Waals surface area contributed by atoms with E-state index >= 15 is 0 Å². The van der Waals surface area contributed by atoms with Crippen LogP contribution in [0.25, 0.3) is 0 Å². The fraction of sp³-hybridized carbons (Fsp3) is 1.00. The van der Waals surface area contributed by atoms with Gasteiger partial charge < -0.3 is 5.32 Å². The number of rotatable bonds is 11. The van der Waals surface area contributed by atoms with Crippen molar-refractivity contribution in [1.82, 2.24) is 5.32 Å². The van der Waals surface area contributed by atoms with E-state index in [2.05, 4.69) is 39.9 Å². The Hall–Kier alpha value is -0.0400. The molecule has 0 bridgehead atoms. The summed E-state index contributed by atoms with van der Waals surface area (Å²) in [7, 11) is 0. The van der Waals surface area contributed by atoms with Crippen molar-refractivity contribution in [2.24, 2.45) is 5.41 Å². The molecular formula is C16H35N. The van der Waals surface area contributed by atoms with Gasteiger partial charge in [-0.25, -0.2) is 0 Å². The van der Waals surface area contributed by atoms with Crippen LogP contribution < -0.4 is 5.32 Å². The minimum atomic E-state index is 0.467. The average Bonchev–Trinajstić information content (AvgIpc) is 2.29. The zero-order valence-corrected chi connectivity index (χ0v) is 12.9. The lowest BCUT2D eigenvalue weighted by molar-refractivity contribution is 0.279. The fourth-order valence-corrected chi connectivity index (χ4v) is 2.26. The van der Waals surface area contributed by atoms with E-state index in [-0.39, 0.29) is 0 Å². The summed E-state index contributed by atoms with van der Waals surface area (Å²) in [5.74, 6) is 0. The number of hydrogen-bond acceptors (Lipinski definition) is 1. The Labute approximate surface area is 110 Å². The molecule has 104 valence electrons. The van der Waals surface area contributed by atoms with E-state index in [1.54, 1.807) is 0 Å². The minimum Gasteiger partial charge on any atom is -0.313 e. The molecule has 0 aliphatic carbocycles. The lowest BCUT2D eigenvalue weighted by atomic mass is 9.86. The summed E-state index contributed by atoms with van der Waals surface area (Å²) in [5, 5.41) is 3.77. The molecule has 1 nitrogen and oxygen atoms in total. The van der Waals surface area contributed by atoms with E-state index in [4.69, 9.17) is 0 Å². The molecule has 0 saturated heterocycles. The van der Waals surface area contributed by atoms with Crippen molar-refractivity contribution in [3.63, 3.8) is 0 Å². The highest BCUT2D eigenvalue weighted by Crippen LogP contribution is 2.23. The highest BCUT2D eigenvalue weighted by atomic mass is 14.9. The normalized spacial score (nSPS) is 13.9. The molecule has 1 unspecified atom stereocenters. The lowest BCUT2D eigenvalue weighted by Crippen LogP contribution is -2.36. The van der Waals surface area contributed by atoms with Gasteiger partial charge in [0, 0.05) is 12.6 Å². The second kappa shape index (κ2) is 9.94. The van der Waals surface area contributed by atoms with Crippen LogP contribution in [0.1, 0.15) is 86.0 Å². The Bertz CT molecular complexity index is 163. The first-order valence-electron chi connectivity index (χ1n) is 7.79. The van der Waals surface area contributed by atoms with Gasteiger partial charge in [0.05, 0.1) is 0 Å². The van der Waals surface area contributed by atoms with Crippen LogP contribution in [-0.4, -0.2) is 12.6 Å². The van der Waals surface area contributed by atoms with Crippen LogP contribution in [0.3, 0.4) is 0 Å². The Balaban J connectivity index is 3.79. The number of hydrogen-bond donors (Lipinski definition) is 1. The molecule has 0 rings (SSSR count). The third kappa shape index (κ3) is 9.64. The molecule has 1 atom stereocenters. The third-order valence-electron chi connectivity index (χ3n) is 3.73. The van der Waals surface area contributed by atoms with Crippen LogP contribution in [0.15, 0.2) is 0 Å². The van der Waals surface area contributed by atoms with Gasteiger partial charge in [-0.2, -0.15) is 0 Å². The summed E-state index contributed by atoms with van der Waals surface area (Å²) in [5.41, 5.74) is 0.467. The third-order valence-corrected chi connectivity index (χ3v) is 3.73. The van der Waals surface area contributed by atoms with Crippen LogP contribution in [0.4, 0.5) is 0 Å². The van der Waals surface area contributed by atoms with Crippen molar-refractivity contribution < 1.29 is 0 Å². The highest BCUT2D eigenvalue weighted by molar-refractivity contribution is 4.75. The van der Waals surface area contributed by atoms with Crippen molar-refractivity contribution in [2.45, 2.75) is 92.0 Å². The van der Waals surface area contributed by atoms with E-state index in [0.29, 0.717) is 5.41 Å². The quantitative estimate of drug-likeness (QED) is 0.493. The minimum absolute atomic E-state index is 0.467. The van der Waals surface area contributed by atoms with Gasteiger partial charge in [0.25, 0.3) is 0 Å². The Morgan fingerprint density at radius 1 is 0.941 bits per heavy atom. The molecule has 0 saturated carbocycles. The van der Waals surface area contributed by atoms with Crippen LogP contribution in [0.2, 0.25) is 0 Å². The van der Waals surface area contributed by atoms with Crippen LogP contribution in [-0.2, 0) is 0 Å². The smallest absolute Gasteiger partial charge is 0.00646 e. The topological polar surface area (TPSA) is 12.0 Å². The summed E-state index contributed by atoms with van der Waals surface area (Å²) < 4.78 is 0. The largest absolute Gasteiger partial charge is 0.313 e. The van der Waals surface area contributed by atoms with Gasteiger partial charge in [0.2, 0.25) is 0 Å². The van der Waals surface area contributed by atoms with Gasteiger partial charge in [-0.15, -0.1) is 0 Å². The van der Waals surface area contributed by atoms with E-state index in [0.717, 1.165) is 6.04 Å². The van der Waals surface area contributed by atoms with Gasteiger partial charge in [-0.1, -0.05) is 66.7 Å². The lowest BCUT2D eigenvalue weighted by Gasteiger charge is -2.28. The molecule has 17 heavy (non-hydrogen) atoms. The predicted octanol–water partition coefficient (Wildman–Crippen LogP) is 5.15. The van der Waals surface area contributed by atoms with Gasteiger partial charge in [-0.3, -0.25) is 0 Å². The molecule has 0 aromatic carbocycles. The molecule has 0 heterocycles. The molecule has 0 radical (unpaired) electrons. The maximum Gasteiger partial charge on any atom is 0.00646 e. The molecular weight excluding hydrogens is 206 g/mol. The second-order valence-corrected chi connectivity index (χ2v) is 6.25. The first-order valence-corrected chi connectivity index (χ1v) is 7.79. The molecule has 0 aliphatic heterocycles. The summed E-state index contributed by atoms with van der Waals surface area (Å²) in [6, 6.07) is 0.736. The first-order chi connectivity index (χ1) is 8.05. The number of unbranched alkanes of at least 4 members (excludes halogenated alkanes) is 3. The molecule has 1 heteroatoms. The van der Waals surface area contributed by atoms with Crippen molar-refractivity contribution >= 4 is 0 Å². The van der Waals surface area contributed by atoms with Crippen molar-refractivity contribution in [2.75, 3.05) is 6.54 Å². The second-order valence-electron chi connectivity index (χ2n) is 6.25. The average molecular weight is 241 g/mol. The molecule has 0 aromatic rings. The van der Waals surface area contributed by atoms with Crippen LogP contribution >= 0.6 is 0 Å². The van der Waals surface area contributed by atoms with Crippen LogP contribution in [0, 0.1) is 5.41 Å². The summed E-state index contributed by atoms with van der Waals surface area (Å²) in [4.78, 5) is 0. The van der Waals surface area contributed by atoms with Crippen molar-refractivity contribution in [1.29, 1.82) is 0 Å². The Morgan fingerprint density at radius 3 is 2.12 bits per heavy atom. The predicted molar refractivity (Wildman–Crippen MR) is 79.5 cm³/mol. The van der Waals surface area contributed by atoms with E-state index in [9.17, 15) is 0 Å². The van der Waals surface area contributed by atoms with Crippen molar-refractivity contribution in [3.8, 4) is 0 Å². The van der Waals surface area contributed by atoms with Gasteiger partial charge in [0.1, 0.15) is 0 Å². The zero-order valence-electron chi connectivity index (χ0n) is 12.9. The molecule has 0 spiro atoms. The monoisotopic (exact) mass is 241 g/mol. The SMILES string of the molecule is CCCCCC(C)(C)CNC(CC)CCCC. The van der Waals surface area contributed by atoms with E-state index in [1.807, 2.05) is 0 Å². The molecule has 1 N–H and O–H groups in total. The van der Waals surface area contributed by atoms with E-state index < -0.39 is 0 Å². The number of nitrogens with one attached hydrogen (secondary N) is 1.